The predicted molar refractivity (Wildman–Crippen MR) is 118 cm³/mol. The van der Waals surface area contributed by atoms with Gasteiger partial charge >= 0.3 is 0 Å². The van der Waals surface area contributed by atoms with Crippen LogP contribution < -0.4 is 5.32 Å². The first kappa shape index (κ1) is 19.6. The SMILES string of the molecule is C\C=C(/C=C\C=N\Cl)CC(=O)Nc1ccc(-n2nc(C3CC3)cc2C2CC2)cc1. The number of hydrogen-bond donors (Lipinski definition) is 1. The number of aromatic nitrogens is 2. The van der Waals surface area contributed by atoms with Gasteiger partial charge in [-0.15, -0.1) is 0 Å². The lowest BCUT2D eigenvalue weighted by atomic mass is 10.1. The van der Waals surface area contributed by atoms with Gasteiger partial charge in [0.1, 0.15) is 0 Å². The number of amides is 1. The maximum absolute atomic E-state index is 12.3. The van der Waals surface area contributed by atoms with E-state index in [2.05, 4.69) is 20.6 Å². The molecule has 2 aliphatic carbocycles. The molecule has 1 heterocycles. The summed E-state index contributed by atoms with van der Waals surface area (Å²) >= 11 is 5.26. The van der Waals surface area contributed by atoms with E-state index in [1.807, 2.05) is 43.3 Å². The molecule has 2 aromatic rings. The molecule has 0 spiro atoms. The highest BCUT2D eigenvalue weighted by atomic mass is 35.5. The van der Waals surface area contributed by atoms with Crippen LogP contribution in [0.3, 0.4) is 0 Å². The van der Waals surface area contributed by atoms with Crippen LogP contribution in [0.15, 0.2) is 58.6 Å². The summed E-state index contributed by atoms with van der Waals surface area (Å²) in [5, 5.41) is 7.83. The standard InChI is InChI=1S/C23H25ClN4O/c1-2-16(4-3-13-25-24)14-23(29)26-19-9-11-20(12-10-19)28-22(18-7-8-18)15-21(27-28)17-5-6-17/h2-4,9-13,15,17-18H,5-8,14H2,1H3,(H,26,29)/b4-3-,16-2+,25-13+. The van der Waals surface area contributed by atoms with Gasteiger partial charge in [-0.25, -0.2) is 4.68 Å². The number of halogens is 1. The average Bonchev–Trinajstić information content (AvgIpc) is 3.66. The number of hydrogen-bond acceptors (Lipinski definition) is 3. The van der Waals surface area contributed by atoms with Crippen molar-refractivity contribution >= 4 is 29.6 Å². The Balaban J connectivity index is 1.42. The summed E-state index contributed by atoms with van der Waals surface area (Å²) in [4.78, 5) is 12.3. The fourth-order valence-electron chi connectivity index (χ4n) is 3.40. The van der Waals surface area contributed by atoms with Crippen LogP contribution in [0.5, 0.6) is 0 Å². The highest BCUT2D eigenvalue weighted by molar-refractivity contribution is 6.18. The molecule has 0 radical (unpaired) electrons. The van der Waals surface area contributed by atoms with Crippen LogP contribution in [-0.4, -0.2) is 21.9 Å². The van der Waals surface area contributed by atoms with Crippen molar-refractivity contribution in [2.24, 2.45) is 4.51 Å². The zero-order chi connectivity index (χ0) is 20.2. The molecule has 5 nitrogen and oxygen atoms in total. The Morgan fingerprint density at radius 1 is 1.24 bits per heavy atom. The van der Waals surface area contributed by atoms with Crippen molar-refractivity contribution in [1.82, 2.24) is 9.78 Å². The number of nitrogens with one attached hydrogen (secondary N) is 1. The maximum atomic E-state index is 12.3. The molecule has 1 amide bonds. The first-order valence-electron chi connectivity index (χ1n) is 10.1. The lowest BCUT2D eigenvalue weighted by molar-refractivity contribution is -0.115. The van der Waals surface area contributed by atoms with Gasteiger partial charge in [-0.1, -0.05) is 12.2 Å². The topological polar surface area (TPSA) is 59.3 Å². The molecule has 150 valence electrons. The van der Waals surface area contributed by atoms with Gasteiger partial charge in [0.2, 0.25) is 5.91 Å². The molecule has 29 heavy (non-hydrogen) atoms. The van der Waals surface area contributed by atoms with Gasteiger partial charge in [0.05, 0.1) is 17.8 Å². The maximum Gasteiger partial charge on any atom is 0.228 e. The number of rotatable bonds is 8. The van der Waals surface area contributed by atoms with Crippen LogP contribution >= 0.6 is 11.8 Å². The van der Waals surface area contributed by atoms with E-state index in [4.69, 9.17) is 16.9 Å². The van der Waals surface area contributed by atoms with E-state index >= 15 is 0 Å². The van der Waals surface area contributed by atoms with Crippen molar-refractivity contribution in [2.45, 2.75) is 50.9 Å². The number of anilines is 1. The Kier molecular flexibility index (Phi) is 5.95. The first-order chi connectivity index (χ1) is 14.2. The summed E-state index contributed by atoms with van der Waals surface area (Å²) in [6, 6.07) is 10.2. The molecule has 0 unspecified atom stereocenters. The van der Waals surface area contributed by atoms with Gasteiger partial charge in [-0.2, -0.15) is 9.61 Å². The fraction of sp³-hybridized carbons (Fsp3) is 0.348. The van der Waals surface area contributed by atoms with E-state index in [0.29, 0.717) is 18.3 Å². The monoisotopic (exact) mass is 408 g/mol. The minimum atomic E-state index is -0.0629. The summed E-state index contributed by atoms with van der Waals surface area (Å²) in [6.45, 7) is 1.90. The smallest absolute Gasteiger partial charge is 0.228 e. The number of carbonyl (C=O) groups is 1. The fourth-order valence-corrected chi connectivity index (χ4v) is 3.47. The summed E-state index contributed by atoms with van der Waals surface area (Å²) in [5.41, 5.74) is 5.29. The zero-order valence-electron chi connectivity index (χ0n) is 16.5. The number of carbonyl (C=O) groups excluding carboxylic acids is 1. The summed E-state index contributed by atoms with van der Waals surface area (Å²) in [5.74, 6) is 1.23. The van der Waals surface area contributed by atoms with Crippen molar-refractivity contribution < 1.29 is 4.79 Å². The number of allylic oxidation sites excluding steroid dienone is 3. The molecule has 0 bridgehead atoms. The molecule has 6 heteroatoms. The van der Waals surface area contributed by atoms with Crippen LogP contribution in [0.25, 0.3) is 5.69 Å². The lowest BCUT2D eigenvalue weighted by Gasteiger charge is -2.09. The normalized spacial score (nSPS) is 17.4. The molecule has 0 atom stereocenters. The lowest BCUT2D eigenvalue weighted by Crippen LogP contribution is -2.12. The van der Waals surface area contributed by atoms with Gasteiger partial charge in [0.15, 0.2) is 0 Å². The van der Waals surface area contributed by atoms with E-state index < -0.39 is 0 Å². The largest absolute Gasteiger partial charge is 0.326 e. The predicted octanol–water partition coefficient (Wildman–Crippen LogP) is 5.68. The highest BCUT2D eigenvalue weighted by Crippen LogP contribution is 2.45. The van der Waals surface area contributed by atoms with Gasteiger partial charge in [-0.3, -0.25) is 4.79 Å². The number of benzene rings is 1. The number of nitrogens with zero attached hydrogens (tertiary/aromatic N) is 3. The molecule has 2 aliphatic rings. The molecule has 0 saturated heterocycles. The van der Waals surface area contributed by atoms with E-state index in [1.165, 1.54) is 43.3 Å². The molecular weight excluding hydrogens is 384 g/mol. The molecule has 2 fully saturated rings. The minimum Gasteiger partial charge on any atom is -0.326 e. The van der Waals surface area contributed by atoms with Gasteiger partial charge in [-0.05, 0) is 74.6 Å². The average molecular weight is 409 g/mol. The van der Waals surface area contributed by atoms with Crippen LogP contribution in [0.4, 0.5) is 5.69 Å². The molecule has 2 saturated carbocycles. The third kappa shape index (κ3) is 5.04. The molecular formula is C23H25ClN4O. The Labute approximate surface area is 176 Å². The summed E-state index contributed by atoms with van der Waals surface area (Å²) in [6.07, 6.45) is 12.2. The second-order valence-corrected chi connectivity index (χ2v) is 7.89. The van der Waals surface area contributed by atoms with Crippen LogP contribution in [-0.2, 0) is 4.79 Å². The van der Waals surface area contributed by atoms with Crippen molar-refractivity contribution in [2.75, 3.05) is 5.32 Å². The van der Waals surface area contributed by atoms with E-state index in [1.54, 1.807) is 6.08 Å². The van der Waals surface area contributed by atoms with Crippen molar-refractivity contribution in [3.63, 3.8) is 0 Å². The van der Waals surface area contributed by atoms with Crippen LogP contribution in [0, 0.1) is 0 Å². The van der Waals surface area contributed by atoms with Crippen molar-refractivity contribution in [3.05, 3.63) is 65.5 Å². The molecule has 1 aromatic carbocycles. The summed E-state index contributed by atoms with van der Waals surface area (Å²) in [7, 11) is 0. The Bertz CT molecular complexity index is 963. The van der Waals surface area contributed by atoms with Crippen molar-refractivity contribution in [1.29, 1.82) is 0 Å². The second kappa shape index (κ2) is 8.78. The minimum absolute atomic E-state index is 0.0629. The van der Waals surface area contributed by atoms with Gasteiger partial charge in [0.25, 0.3) is 0 Å². The Morgan fingerprint density at radius 3 is 2.59 bits per heavy atom. The molecule has 0 aliphatic heterocycles. The third-order valence-electron chi connectivity index (χ3n) is 5.33. The van der Waals surface area contributed by atoms with E-state index in [9.17, 15) is 4.79 Å². The van der Waals surface area contributed by atoms with E-state index in [0.717, 1.165) is 16.9 Å². The second-order valence-electron chi connectivity index (χ2n) is 7.70. The molecule has 1 aromatic heterocycles. The third-order valence-corrected chi connectivity index (χ3v) is 5.44. The quantitative estimate of drug-likeness (QED) is 0.451. The Morgan fingerprint density at radius 2 is 1.97 bits per heavy atom. The zero-order valence-corrected chi connectivity index (χ0v) is 17.3. The molecule has 4 rings (SSSR count). The van der Waals surface area contributed by atoms with Crippen LogP contribution in [0.2, 0.25) is 0 Å². The van der Waals surface area contributed by atoms with Crippen LogP contribution in [0.1, 0.15) is 62.3 Å². The van der Waals surface area contributed by atoms with E-state index in [-0.39, 0.29) is 5.91 Å². The summed E-state index contributed by atoms with van der Waals surface area (Å²) < 4.78 is 5.48. The van der Waals surface area contributed by atoms with Gasteiger partial charge < -0.3 is 5.32 Å². The van der Waals surface area contributed by atoms with Gasteiger partial charge in [0, 0.05) is 41.2 Å². The van der Waals surface area contributed by atoms with Crippen molar-refractivity contribution in [3.8, 4) is 5.69 Å². The molecule has 1 N–H and O–H groups in total. The highest BCUT2D eigenvalue weighted by Gasteiger charge is 2.32. The first-order valence-corrected chi connectivity index (χ1v) is 10.5. The Hall–Kier alpha value is -2.66.